The SMILES string of the molecule is CNC(=O)CNC(=O)c1cn(C2CNC2)nn1. The summed E-state index contributed by atoms with van der Waals surface area (Å²) in [5.41, 5.74) is 0.223. The predicted octanol–water partition coefficient (Wildman–Crippen LogP) is -2.10. The van der Waals surface area contributed by atoms with E-state index in [9.17, 15) is 9.59 Å². The number of carbonyl (C=O) groups excluding carboxylic acids is 2. The molecule has 1 aromatic heterocycles. The monoisotopic (exact) mass is 238 g/mol. The van der Waals surface area contributed by atoms with E-state index in [2.05, 4.69) is 26.3 Å². The Bertz CT molecular complexity index is 425. The van der Waals surface area contributed by atoms with E-state index in [4.69, 9.17) is 0 Å². The fraction of sp³-hybridized carbons (Fsp3) is 0.556. The van der Waals surface area contributed by atoms with Crippen molar-refractivity contribution in [2.24, 2.45) is 0 Å². The summed E-state index contributed by atoms with van der Waals surface area (Å²) < 4.78 is 1.66. The molecule has 0 unspecified atom stereocenters. The van der Waals surface area contributed by atoms with Gasteiger partial charge in [-0.15, -0.1) is 5.10 Å². The van der Waals surface area contributed by atoms with E-state index < -0.39 is 5.91 Å². The lowest BCUT2D eigenvalue weighted by molar-refractivity contribution is -0.119. The predicted molar refractivity (Wildman–Crippen MR) is 58.3 cm³/mol. The molecule has 1 aliphatic heterocycles. The molecule has 0 radical (unpaired) electrons. The van der Waals surface area contributed by atoms with Gasteiger partial charge in [0, 0.05) is 20.1 Å². The van der Waals surface area contributed by atoms with Crippen LogP contribution in [0.2, 0.25) is 0 Å². The van der Waals surface area contributed by atoms with Gasteiger partial charge in [0.05, 0.1) is 18.8 Å². The minimum absolute atomic E-state index is 0.0623. The molecule has 0 bridgehead atoms. The van der Waals surface area contributed by atoms with E-state index in [1.807, 2.05) is 0 Å². The molecule has 0 saturated carbocycles. The maximum Gasteiger partial charge on any atom is 0.273 e. The van der Waals surface area contributed by atoms with Crippen LogP contribution in [0.4, 0.5) is 0 Å². The van der Waals surface area contributed by atoms with Crippen LogP contribution in [0.25, 0.3) is 0 Å². The van der Waals surface area contributed by atoms with Crippen molar-refractivity contribution in [2.45, 2.75) is 6.04 Å². The van der Waals surface area contributed by atoms with Crippen molar-refractivity contribution in [3.63, 3.8) is 0 Å². The standard InChI is InChI=1S/C9H14N6O2/c1-10-8(16)4-12-9(17)7-5-15(14-13-7)6-2-11-3-6/h5-6,11H,2-4H2,1H3,(H,10,16)(H,12,17). The summed E-state index contributed by atoms with van der Waals surface area (Å²) in [7, 11) is 1.51. The first-order valence-corrected chi connectivity index (χ1v) is 5.32. The zero-order chi connectivity index (χ0) is 12.3. The summed E-state index contributed by atoms with van der Waals surface area (Å²) in [6.45, 7) is 1.61. The number of carbonyl (C=O) groups is 2. The van der Waals surface area contributed by atoms with Crippen molar-refractivity contribution in [3.8, 4) is 0 Å². The van der Waals surface area contributed by atoms with Gasteiger partial charge >= 0.3 is 0 Å². The van der Waals surface area contributed by atoms with Crippen molar-refractivity contribution in [1.29, 1.82) is 0 Å². The second-order valence-electron chi connectivity index (χ2n) is 3.75. The highest BCUT2D eigenvalue weighted by molar-refractivity contribution is 5.94. The summed E-state index contributed by atoms with van der Waals surface area (Å²) in [4.78, 5) is 22.5. The molecule has 8 heteroatoms. The Balaban J connectivity index is 1.90. The van der Waals surface area contributed by atoms with Crippen molar-refractivity contribution >= 4 is 11.8 Å². The maximum absolute atomic E-state index is 11.6. The van der Waals surface area contributed by atoms with Gasteiger partial charge in [-0.3, -0.25) is 9.59 Å². The summed E-state index contributed by atoms with van der Waals surface area (Å²) in [5, 5.41) is 15.6. The summed E-state index contributed by atoms with van der Waals surface area (Å²) in [6.07, 6.45) is 1.59. The summed E-state index contributed by atoms with van der Waals surface area (Å²) in [5.74, 6) is -0.652. The van der Waals surface area contributed by atoms with Gasteiger partial charge in [-0.25, -0.2) is 4.68 Å². The van der Waals surface area contributed by atoms with Gasteiger partial charge in [0.2, 0.25) is 5.91 Å². The number of rotatable bonds is 4. The molecule has 0 spiro atoms. The van der Waals surface area contributed by atoms with Gasteiger partial charge in [-0.2, -0.15) is 0 Å². The third kappa shape index (κ3) is 2.59. The first-order chi connectivity index (χ1) is 8.20. The number of hydrogen-bond acceptors (Lipinski definition) is 5. The Morgan fingerprint density at radius 1 is 1.59 bits per heavy atom. The molecule has 2 rings (SSSR count). The van der Waals surface area contributed by atoms with Gasteiger partial charge in [0.1, 0.15) is 0 Å². The Hall–Kier alpha value is -1.96. The fourth-order valence-electron chi connectivity index (χ4n) is 1.36. The van der Waals surface area contributed by atoms with Crippen molar-refractivity contribution < 1.29 is 9.59 Å². The fourth-order valence-corrected chi connectivity index (χ4v) is 1.36. The molecule has 8 nitrogen and oxygen atoms in total. The van der Waals surface area contributed by atoms with Crippen molar-refractivity contribution in [2.75, 3.05) is 26.7 Å². The topological polar surface area (TPSA) is 101 Å². The normalized spacial score (nSPS) is 15.1. The Labute approximate surface area is 97.7 Å². The molecular formula is C9H14N6O2. The van der Waals surface area contributed by atoms with Crippen LogP contribution in [0, 0.1) is 0 Å². The van der Waals surface area contributed by atoms with Crippen LogP contribution in [-0.4, -0.2) is 53.5 Å². The Kier molecular flexibility index (Phi) is 3.33. The third-order valence-corrected chi connectivity index (χ3v) is 2.57. The average molecular weight is 238 g/mol. The van der Waals surface area contributed by atoms with Crippen molar-refractivity contribution in [3.05, 3.63) is 11.9 Å². The van der Waals surface area contributed by atoms with E-state index in [0.29, 0.717) is 0 Å². The van der Waals surface area contributed by atoms with Gasteiger partial charge in [-0.05, 0) is 0 Å². The second kappa shape index (κ2) is 4.91. The molecule has 0 aromatic carbocycles. The molecule has 1 aliphatic rings. The Morgan fingerprint density at radius 3 is 2.94 bits per heavy atom. The molecule has 0 atom stereocenters. The zero-order valence-electron chi connectivity index (χ0n) is 9.43. The van der Waals surface area contributed by atoms with Gasteiger partial charge < -0.3 is 16.0 Å². The minimum Gasteiger partial charge on any atom is -0.358 e. The molecule has 1 aromatic rings. The van der Waals surface area contributed by atoms with Crippen LogP contribution in [0.3, 0.4) is 0 Å². The van der Waals surface area contributed by atoms with Crippen molar-refractivity contribution in [1.82, 2.24) is 30.9 Å². The van der Waals surface area contributed by atoms with Crippen LogP contribution in [0.5, 0.6) is 0 Å². The first-order valence-electron chi connectivity index (χ1n) is 5.32. The molecule has 2 heterocycles. The lowest BCUT2D eigenvalue weighted by atomic mass is 10.2. The smallest absolute Gasteiger partial charge is 0.273 e. The first kappa shape index (κ1) is 11.5. The van der Waals surface area contributed by atoms with E-state index >= 15 is 0 Å². The molecule has 0 aliphatic carbocycles. The van der Waals surface area contributed by atoms with Crippen LogP contribution in [0.15, 0.2) is 6.20 Å². The highest BCUT2D eigenvalue weighted by Crippen LogP contribution is 2.09. The number of hydrogen-bond donors (Lipinski definition) is 3. The minimum atomic E-state index is -0.396. The lowest BCUT2D eigenvalue weighted by Gasteiger charge is -2.26. The van der Waals surface area contributed by atoms with Crippen LogP contribution in [-0.2, 0) is 4.79 Å². The molecule has 1 saturated heterocycles. The molecule has 2 amide bonds. The lowest BCUT2D eigenvalue weighted by Crippen LogP contribution is -2.43. The van der Waals surface area contributed by atoms with E-state index in [0.717, 1.165) is 13.1 Å². The van der Waals surface area contributed by atoms with Crippen LogP contribution < -0.4 is 16.0 Å². The molecule has 1 fully saturated rings. The number of aromatic nitrogens is 3. The average Bonchev–Trinajstić information content (AvgIpc) is 2.72. The van der Waals surface area contributed by atoms with E-state index in [1.165, 1.54) is 7.05 Å². The van der Waals surface area contributed by atoms with E-state index in [1.54, 1.807) is 10.9 Å². The molecule has 17 heavy (non-hydrogen) atoms. The highest BCUT2D eigenvalue weighted by Gasteiger charge is 2.21. The van der Waals surface area contributed by atoms with E-state index in [-0.39, 0.29) is 24.2 Å². The third-order valence-electron chi connectivity index (χ3n) is 2.57. The quantitative estimate of drug-likeness (QED) is 0.558. The number of amides is 2. The van der Waals surface area contributed by atoms with Gasteiger partial charge in [0.25, 0.3) is 5.91 Å². The van der Waals surface area contributed by atoms with Crippen LogP contribution in [0.1, 0.15) is 16.5 Å². The Morgan fingerprint density at radius 2 is 2.35 bits per heavy atom. The van der Waals surface area contributed by atoms with Gasteiger partial charge in [-0.1, -0.05) is 5.21 Å². The second-order valence-corrected chi connectivity index (χ2v) is 3.75. The number of nitrogens with one attached hydrogen (secondary N) is 3. The molecule has 92 valence electrons. The number of likely N-dealkylation sites (N-methyl/N-ethyl adjacent to an activating group) is 1. The van der Waals surface area contributed by atoms with Crippen LogP contribution >= 0.6 is 0 Å². The molecule has 3 N–H and O–H groups in total. The zero-order valence-corrected chi connectivity index (χ0v) is 9.43. The maximum atomic E-state index is 11.6. The van der Waals surface area contributed by atoms with Gasteiger partial charge in [0.15, 0.2) is 5.69 Å². The number of nitrogens with zero attached hydrogens (tertiary/aromatic N) is 3. The molecular weight excluding hydrogens is 224 g/mol. The summed E-state index contributed by atoms with van der Waals surface area (Å²) in [6, 6.07) is 0.267. The largest absolute Gasteiger partial charge is 0.358 e. The summed E-state index contributed by atoms with van der Waals surface area (Å²) >= 11 is 0. The highest BCUT2D eigenvalue weighted by atomic mass is 16.2.